The van der Waals surface area contributed by atoms with Gasteiger partial charge in [-0.3, -0.25) is 0 Å². The molecule has 0 aliphatic heterocycles. The summed E-state index contributed by atoms with van der Waals surface area (Å²) in [5, 5.41) is 0. The minimum Gasteiger partial charge on any atom is -0.458 e. The molecule has 0 N–H and O–H groups in total. The number of carbonyl (C=O) groups excluding carboxylic acids is 2. The first-order chi connectivity index (χ1) is 7.76. The summed E-state index contributed by atoms with van der Waals surface area (Å²) in [6.07, 6.45) is -5.79. The number of hydrogen-bond acceptors (Lipinski definition) is 4. The van der Waals surface area contributed by atoms with Gasteiger partial charge in [0.25, 0.3) is 0 Å². The smallest absolute Gasteiger partial charge is 0.417 e. The molecule has 0 bridgehead atoms. The second-order valence-electron chi connectivity index (χ2n) is 2.77. The molecule has 0 aliphatic carbocycles. The molecule has 98 valence electrons. The van der Waals surface area contributed by atoms with Crippen molar-refractivity contribution in [2.75, 3.05) is 13.2 Å². The zero-order chi connectivity index (χ0) is 13.5. The second kappa shape index (κ2) is 6.87. The highest BCUT2D eigenvalue weighted by atomic mass is 19.4. The molecule has 0 spiro atoms. The normalized spacial score (nSPS) is 12.2. The lowest BCUT2D eigenvalue weighted by atomic mass is 10.3. The van der Waals surface area contributed by atoms with E-state index in [0.717, 1.165) is 0 Å². The van der Waals surface area contributed by atoms with E-state index >= 15 is 0 Å². The summed E-state index contributed by atoms with van der Waals surface area (Å²) in [7, 11) is 0. The van der Waals surface area contributed by atoms with E-state index in [4.69, 9.17) is 0 Å². The molecule has 0 atom stereocenters. The number of allylic oxidation sites excluding steroid dienone is 1. The molecular weight excluding hydrogens is 248 g/mol. The summed E-state index contributed by atoms with van der Waals surface area (Å²) in [6.45, 7) is 0.336. The third kappa shape index (κ3) is 8.23. The average molecular weight is 258 g/mol. The SMILES string of the molecule is CCOC(=O)C(=O)OC/C(F)=C/CC(F)(F)F. The van der Waals surface area contributed by atoms with Crippen molar-refractivity contribution in [3.05, 3.63) is 11.9 Å². The summed E-state index contributed by atoms with van der Waals surface area (Å²) in [5.74, 6) is -4.07. The van der Waals surface area contributed by atoms with Gasteiger partial charge in [0.1, 0.15) is 12.4 Å². The maximum absolute atomic E-state index is 12.7. The van der Waals surface area contributed by atoms with Crippen LogP contribution in [0.2, 0.25) is 0 Å². The molecule has 0 aromatic rings. The van der Waals surface area contributed by atoms with Crippen molar-refractivity contribution in [2.24, 2.45) is 0 Å². The Morgan fingerprint density at radius 2 is 1.71 bits per heavy atom. The lowest BCUT2D eigenvalue weighted by molar-refractivity contribution is -0.167. The standard InChI is InChI=1S/C9H10F4O4/c1-2-16-7(14)8(15)17-5-6(10)3-4-9(11,12)13/h3H,2,4-5H2,1H3/b6-3-. The number of halogens is 4. The van der Waals surface area contributed by atoms with Gasteiger partial charge >= 0.3 is 18.1 Å². The zero-order valence-corrected chi connectivity index (χ0v) is 8.84. The minimum atomic E-state index is -4.54. The van der Waals surface area contributed by atoms with E-state index in [1.807, 2.05) is 0 Å². The van der Waals surface area contributed by atoms with Crippen LogP contribution in [0.3, 0.4) is 0 Å². The molecule has 4 nitrogen and oxygen atoms in total. The number of hydrogen-bond donors (Lipinski definition) is 0. The van der Waals surface area contributed by atoms with Crippen molar-refractivity contribution in [1.29, 1.82) is 0 Å². The summed E-state index contributed by atoms with van der Waals surface area (Å²) in [6, 6.07) is 0. The Morgan fingerprint density at radius 3 is 2.18 bits per heavy atom. The molecule has 8 heteroatoms. The van der Waals surface area contributed by atoms with Crippen LogP contribution in [-0.4, -0.2) is 31.3 Å². The fourth-order valence-corrected chi connectivity index (χ4v) is 0.669. The Hall–Kier alpha value is -1.60. The van der Waals surface area contributed by atoms with Crippen molar-refractivity contribution in [3.8, 4) is 0 Å². The molecule has 17 heavy (non-hydrogen) atoms. The van der Waals surface area contributed by atoms with Gasteiger partial charge in [-0.2, -0.15) is 13.2 Å². The van der Waals surface area contributed by atoms with E-state index in [9.17, 15) is 27.2 Å². The first-order valence-electron chi connectivity index (χ1n) is 4.51. The van der Waals surface area contributed by atoms with Crippen LogP contribution in [0.15, 0.2) is 11.9 Å². The Labute approximate surface area is 94.2 Å². The Balaban J connectivity index is 4.03. The van der Waals surface area contributed by atoms with Gasteiger partial charge in [0, 0.05) is 0 Å². The monoisotopic (exact) mass is 258 g/mol. The van der Waals surface area contributed by atoms with Gasteiger partial charge in [-0.05, 0) is 13.0 Å². The quantitative estimate of drug-likeness (QED) is 0.439. The van der Waals surface area contributed by atoms with Gasteiger partial charge in [-0.1, -0.05) is 0 Å². The largest absolute Gasteiger partial charge is 0.458 e. The van der Waals surface area contributed by atoms with Gasteiger partial charge in [0.2, 0.25) is 0 Å². The lowest BCUT2D eigenvalue weighted by Crippen LogP contribution is -2.20. The molecule has 0 amide bonds. The van der Waals surface area contributed by atoms with Crippen molar-refractivity contribution in [1.82, 2.24) is 0 Å². The predicted octanol–water partition coefficient (Wildman–Crippen LogP) is 1.90. The summed E-state index contributed by atoms with van der Waals surface area (Å²) in [5.41, 5.74) is 0. The minimum absolute atomic E-state index is 0.0691. The van der Waals surface area contributed by atoms with Crippen LogP contribution in [0.4, 0.5) is 17.6 Å². The fourth-order valence-electron chi connectivity index (χ4n) is 0.669. The Bertz CT molecular complexity index is 309. The second-order valence-corrected chi connectivity index (χ2v) is 2.77. The first kappa shape index (κ1) is 15.4. The van der Waals surface area contributed by atoms with Crippen LogP contribution < -0.4 is 0 Å². The van der Waals surface area contributed by atoms with Gasteiger partial charge in [-0.25, -0.2) is 14.0 Å². The van der Waals surface area contributed by atoms with Gasteiger partial charge in [0.05, 0.1) is 13.0 Å². The van der Waals surface area contributed by atoms with Gasteiger partial charge in [-0.15, -0.1) is 0 Å². The van der Waals surface area contributed by atoms with Crippen LogP contribution in [-0.2, 0) is 19.1 Å². The number of ether oxygens (including phenoxy) is 2. The van der Waals surface area contributed by atoms with Crippen molar-refractivity contribution >= 4 is 11.9 Å². The van der Waals surface area contributed by atoms with E-state index in [1.165, 1.54) is 6.92 Å². The summed E-state index contributed by atoms with van der Waals surface area (Å²) < 4.78 is 55.9. The van der Waals surface area contributed by atoms with Crippen LogP contribution in [0, 0.1) is 0 Å². The Kier molecular flexibility index (Phi) is 6.22. The maximum Gasteiger partial charge on any atom is 0.417 e. The molecule has 0 fully saturated rings. The van der Waals surface area contributed by atoms with E-state index in [-0.39, 0.29) is 12.7 Å². The highest BCUT2D eigenvalue weighted by molar-refractivity contribution is 6.29. The molecule has 0 heterocycles. The van der Waals surface area contributed by atoms with Crippen molar-refractivity contribution in [3.63, 3.8) is 0 Å². The first-order valence-corrected chi connectivity index (χ1v) is 4.51. The number of carbonyl (C=O) groups is 2. The molecule has 0 unspecified atom stereocenters. The van der Waals surface area contributed by atoms with Crippen LogP contribution in [0.5, 0.6) is 0 Å². The van der Waals surface area contributed by atoms with E-state index in [0.29, 0.717) is 0 Å². The number of rotatable bonds is 4. The third-order valence-electron chi connectivity index (χ3n) is 1.34. The molecule has 0 rings (SSSR count). The van der Waals surface area contributed by atoms with Gasteiger partial charge < -0.3 is 9.47 Å². The van der Waals surface area contributed by atoms with Crippen LogP contribution in [0.1, 0.15) is 13.3 Å². The van der Waals surface area contributed by atoms with E-state index in [2.05, 4.69) is 9.47 Å². The zero-order valence-electron chi connectivity index (χ0n) is 8.84. The van der Waals surface area contributed by atoms with E-state index < -0.39 is 37.0 Å². The fraction of sp³-hybridized carbons (Fsp3) is 0.556. The third-order valence-corrected chi connectivity index (χ3v) is 1.34. The summed E-state index contributed by atoms with van der Waals surface area (Å²) in [4.78, 5) is 21.4. The highest BCUT2D eigenvalue weighted by Gasteiger charge is 2.25. The van der Waals surface area contributed by atoms with Crippen molar-refractivity contribution < 1.29 is 36.6 Å². The molecule has 0 saturated heterocycles. The summed E-state index contributed by atoms with van der Waals surface area (Å²) >= 11 is 0. The molecule has 0 saturated carbocycles. The van der Waals surface area contributed by atoms with Gasteiger partial charge in [0.15, 0.2) is 0 Å². The molecular formula is C9H10F4O4. The van der Waals surface area contributed by atoms with Crippen LogP contribution >= 0.6 is 0 Å². The molecule has 0 aliphatic rings. The topological polar surface area (TPSA) is 52.6 Å². The average Bonchev–Trinajstić information content (AvgIpc) is 2.22. The highest BCUT2D eigenvalue weighted by Crippen LogP contribution is 2.21. The van der Waals surface area contributed by atoms with Crippen molar-refractivity contribution in [2.45, 2.75) is 19.5 Å². The van der Waals surface area contributed by atoms with Crippen LogP contribution in [0.25, 0.3) is 0 Å². The molecule has 0 radical (unpaired) electrons. The molecule has 0 aromatic heterocycles. The lowest BCUT2D eigenvalue weighted by Gasteiger charge is -2.04. The molecule has 0 aromatic carbocycles. The predicted molar refractivity (Wildman–Crippen MR) is 47.5 cm³/mol. The Morgan fingerprint density at radius 1 is 1.18 bits per heavy atom. The number of esters is 2. The van der Waals surface area contributed by atoms with E-state index in [1.54, 1.807) is 0 Å². The maximum atomic E-state index is 12.7. The number of alkyl halides is 3.